The van der Waals surface area contributed by atoms with Gasteiger partial charge in [0, 0.05) is 18.4 Å². The Morgan fingerprint density at radius 1 is 1.03 bits per heavy atom. The third kappa shape index (κ3) is 6.70. The van der Waals surface area contributed by atoms with Crippen LogP contribution in [0.15, 0.2) is 36.4 Å². The quantitative estimate of drug-likeness (QED) is 0.193. The first-order valence-electron chi connectivity index (χ1n) is 10.2. The summed E-state index contributed by atoms with van der Waals surface area (Å²) in [6.07, 6.45) is -7.31. The van der Waals surface area contributed by atoms with E-state index in [1.807, 2.05) is 0 Å². The molecule has 0 aromatic heterocycles. The molecule has 0 bridgehead atoms. The van der Waals surface area contributed by atoms with Crippen molar-refractivity contribution in [3.05, 3.63) is 73.7 Å². The van der Waals surface area contributed by atoms with Crippen molar-refractivity contribution in [2.45, 2.75) is 50.9 Å². The topological polar surface area (TPSA) is 17.1 Å². The minimum absolute atomic E-state index is 0.0453. The Bertz CT molecular complexity index is 1090. The highest BCUT2D eigenvalue weighted by atomic mass is 35.5. The number of benzene rings is 2. The van der Waals surface area contributed by atoms with Gasteiger partial charge >= 0.3 is 12.4 Å². The second kappa shape index (κ2) is 9.75. The molecule has 0 heterocycles. The molecule has 0 radical (unpaired) electrons. The molecule has 2 aromatic rings. The fourth-order valence-corrected chi connectivity index (χ4v) is 4.54. The van der Waals surface area contributed by atoms with Crippen LogP contribution in [0.5, 0.6) is 0 Å². The molecule has 10 heteroatoms. The average molecular weight is 544 g/mol. The fourth-order valence-electron chi connectivity index (χ4n) is 3.93. The summed E-state index contributed by atoms with van der Waals surface area (Å²) in [5, 5.41) is -0.259. The van der Waals surface area contributed by atoms with E-state index in [4.69, 9.17) is 34.8 Å². The van der Waals surface area contributed by atoms with Crippen molar-refractivity contribution in [1.29, 1.82) is 0 Å². The van der Waals surface area contributed by atoms with E-state index in [1.54, 1.807) is 6.92 Å². The van der Waals surface area contributed by atoms with Gasteiger partial charge in [0.15, 0.2) is 5.78 Å². The number of alkyl halides is 6. The molecule has 0 aliphatic heterocycles. The molecule has 184 valence electrons. The summed E-state index contributed by atoms with van der Waals surface area (Å²) in [7, 11) is 0. The average Bonchev–Trinajstić information content (AvgIpc) is 3.41. The Hall–Kier alpha value is -1.70. The van der Waals surface area contributed by atoms with E-state index in [2.05, 4.69) is 0 Å². The van der Waals surface area contributed by atoms with Gasteiger partial charge in [0.05, 0.1) is 21.0 Å². The number of rotatable bonds is 7. The summed E-state index contributed by atoms with van der Waals surface area (Å²) in [5.41, 5.74) is -0.108. The Kier molecular flexibility index (Phi) is 7.71. The number of ketones is 1. The summed E-state index contributed by atoms with van der Waals surface area (Å²) < 4.78 is 79.5. The molecule has 0 spiro atoms. The molecule has 34 heavy (non-hydrogen) atoms. The molecule has 1 fully saturated rings. The van der Waals surface area contributed by atoms with E-state index in [-0.39, 0.29) is 32.6 Å². The number of carbonyl (C=O) groups is 1. The van der Waals surface area contributed by atoms with Gasteiger partial charge < -0.3 is 0 Å². The highest BCUT2D eigenvalue weighted by Gasteiger charge is 2.51. The smallest absolute Gasteiger partial charge is 0.294 e. The number of carbonyl (C=O) groups excluding carboxylic acids is 1. The summed E-state index contributed by atoms with van der Waals surface area (Å²) in [6.45, 7) is 1.59. The van der Waals surface area contributed by atoms with Gasteiger partial charge in [-0.15, -0.1) is 0 Å². The summed E-state index contributed by atoms with van der Waals surface area (Å²) in [6, 6.07) is 6.59. The molecular weight excluding hydrogens is 525 g/mol. The van der Waals surface area contributed by atoms with Gasteiger partial charge in [-0.2, -0.15) is 26.3 Å². The maximum absolute atomic E-state index is 13.7. The number of hydrogen-bond acceptors (Lipinski definition) is 1. The monoisotopic (exact) mass is 542 g/mol. The highest BCUT2D eigenvalue weighted by Crippen LogP contribution is 2.56. The van der Waals surface area contributed by atoms with Crippen LogP contribution >= 0.6 is 34.8 Å². The summed E-state index contributed by atoms with van der Waals surface area (Å²) in [5.74, 6) is -2.42. The van der Waals surface area contributed by atoms with Crippen molar-refractivity contribution in [2.75, 3.05) is 0 Å². The third-order valence-electron chi connectivity index (χ3n) is 5.82. The van der Waals surface area contributed by atoms with Crippen LogP contribution in [0.1, 0.15) is 58.6 Å². The van der Waals surface area contributed by atoms with Gasteiger partial charge in [-0.1, -0.05) is 65.2 Å². The van der Waals surface area contributed by atoms with Crippen LogP contribution in [-0.2, 0) is 0 Å². The fraction of sp³-hybridized carbons (Fsp3) is 0.375. The number of Topliss-reactive ketones (excluding diaryl/α,β-unsaturated/α-hetero) is 1. The first-order chi connectivity index (χ1) is 15.6. The van der Waals surface area contributed by atoms with Crippen LogP contribution in [0.25, 0.3) is 6.08 Å². The van der Waals surface area contributed by atoms with Crippen LogP contribution in [0.2, 0.25) is 15.1 Å². The van der Waals surface area contributed by atoms with E-state index in [9.17, 15) is 31.1 Å². The summed E-state index contributed by atoms with van der Waals surface area (Å²) in [4.78, 5) is 12.6. The molecule has 2 aromatic carbocycles. The first kappa shape index (κ1) is 26.9. The molecule has 1 nitrogen and oxygen atoms in total. The number of aryl methyl sites for hydroxylation is 1. The molecule has 1 aliphatic rings. The third-order valence-corrected chi connectivity index (χ3v) is 7.01. The maximum atomic E-state index is 13.7. The molecule has 0 N–H and O–H groups in total. The van der Waals surface area contributed by atoms with Crippen LogP contribution in [0.4, 0.5) is 26.3 Å². The maximum Gasteiger partial charge on any atom is 0.399 e. The molecule has 0 amide bonds. The van der Waals surface area contributed by atoms with E-state index >= 15 is 0 Å². The number of halogens is 9. The molecule has 1 aliphatic carbocycles. The molecule has 3 rings (SSSR count). The normalized spacial score (nSPS) is 16.6. The zero-order chi connectivity index (χ0) is 25.5. The van der Waals surface area contributed by atoms with Gasteiger partial charge in [0.2, 0.25) is 0 Å². The van der Waals surface area contributed by atoms with Crippen LogP contribution in [0, 0.1) is 12.3 Å². The predicted octanol–water partition coefficient (Wildman–Crippen LogP) is 9.62. The van der Waals surface area contributed by atoms with Crippen molar-refractivity contribution in [3.8, 4) is 0 Å². The van der Waals surface area contributed by atoms with E-state index in [1.165, 1.54) is 24.3 Å². The second-order valence-corrected chi connectivity index (χ2v) is 9.84. The van der Waals surface area contributed by atoms with Gasteiger partial charge in [-0.05, 0) is 54.0 Å². The standard InChI is InChI=1S/C24H19Cl3F6O/c1-13-8-14(2-4-16(13)20(34)11-22(6-7-22)12-23(28,29)30)3-5-17(24(31,32)33)15-9-18(25)21(27)19(26)10-15/h2-5,8-10,17H,6-7,11-12H2,1H3/b5-3+. The Balaban J connectivity index is 1.81. The van der Waals surface area contributed by atoms with Crippen LogP contribution < -0.4 is 0 Å². The Morgan fingerprint density at radius 3 is 2.09 bits per heavy atom. The highest BCUT2D eigenvalue weighted by molar-refractivity contribution is 6.48. The van der Waals surface area contributed by atoms with E-state index in [0.717, 1.165) is 18.2 Å². The van der Waals surface area contributed by atoms with E-state index < -0.39 is 35.9 Å². The second-order valence-electron chi connectivity index (χ2n) is 8.64. The lowest BCUT2D eigenvalue weighted by atomic mass is 9.90. The minimum Gasteiger partial charge on any atom is -0.294 e. The molecule has 0 saturated heterocycles. The lowest BCUT2D eigenvalue weighted by molar-refractivity contribution is -0.147. The minimum atomic E-state index is -4.64. The largest absolute Gasteiger partial charge is 0.399 e. The van der Waals surface area contributed by atoms with Gasteiger partial charge in [-0.25, -0.2) is 0 Å². The molecular formula is C24H19Cl3F6O. The predicted molar refractivity (Wildman–Crippen MR) is 122 cm³/mol. The number of allylic oxidation sites excluding steroid dienone is 1. The molecule has 1 unspecified atom stereocenters. The SMILES string of the molecule is Cc1cc(/C=C/C(c2cc(Cl)c(Cl)c(Cl)c2)C(F)(F)F)ccc1C(=O)CC1(CC(F)(F)F)CC1. The first-order valence-corrected chi connectivity index (χ1v) is 11.3. The Labute approximate surface area is 207 Å². The van der Waals surface area contributed by atoms with Gasteiger partial charge in [0.25, 0.3) is 0 Å². The van der Waals surface area contributed by atoms with Crippen molar-refractivity contribution in [1.82, 2.24) is 0 Å². The molecule has 1 atom stereocenters. The zero-order valence-electron chi connectivity index (χ0n) is 17.8. The lowest BCUT2D eigenvalue weighted by Crippen LogP contribution is -2.19. The van der Waals surface area contributed by atoms with Crippen molar-refractivity contribution in [3.63, 3.8) is 0 Å². The van der Waals surface area contributed by atoms with Gasteiger partial charge in [-0.3, -0.25) is 4.79 Å². The Morgan fingerprint density at radius 2 is 1.62 bits per heavy atom. The number of hydrogen-bond donors (Lipinski definition) is 0. The van der Waals surface area contributed by atoms with Crippen LogP contribution in [-0.4, -0.2) is 18.1 Å². The van der Waals surface area contributed by atoms with Crippen molar-refractivity contribution >= 4 is 46.7 Å². The van der Waals surface area contributed by atoms with Gasteiger partial charge in [0.1, 0.15) is 0 Å². The lowest BCUT2D eigenvalue weighted by Gasteiger charge is -2.18. The zero-order valence-corrected chi connectivity index (χ0v) is 20.0. The van der Waals surface area contributed by atoms with E-state index in [0.29, 0.717) is 24.0 Å². The molecule has 1 saturated carbocycles. The summed E-state index contributed by atoms with van der Waals surface area (Å²) >= 11 is 17.6. The van der Waals surface area contributed by atoms with Crippen molar-refractivity contribution in [2.24, 2.45) is 5.41 Å². The van der Waals surface area contributed by atoms with Crippen LogP contribution in [0.3, 0.4) is 0 Å². The van der Waals surface area contributed by atoms with Crippen molar-refractivity contribution < 1.29 is 31.1 Å².